The van der Waals surface area contributed by atoms with Crippen molar-refractivity contribution in [3.05, 3.63) is 71.6 Å². The summed E-state index contributed by atoms with van der Waals surface area (Å²) >= 11 is 1.61. The van der Waals surface area contributed by atoms with Gasteiger partial charge in [0.15, 0.2) is 11.0 Å². The van der Waals surface area contributed by atoms with Crippen molar-refractivity contribution in [3.8, 4) is 22.8 Å². The Morgan fingerprint density at radius 2 is 1.75 bits per heavy atom. The third kappa shape index (κ3) is 3.53. The minimum atomic E-state index is 0.713. The van der Waals surface area contributed by atoms with Crippen molar-refractivity contribution in [1.82, 2.24) is 19.9 Å². The van der Waals surface area contributed by atoms with Crippen LogP contribution in [0.1, 0.15) is 17.0 Å². The normalized spacial score (nSPS) is 11.0. The topological polar surface area (TPSA) is 66.0 Å². The molecule has 28 heavy (non-hydrogen) atoms. The number of aromatic nitrogens is 4. The number of methoxy groups -OCH3 is 1. The first kappa shape index (κ1) is 18.3. The Hall–Kier alpha value is -3.06. The van der Waals surface area contributed by atoms with Crippen LogP contribution in [0.5, 0.6) is 5.75 Å². The molecule has 0 saturated carbocycles. The maximum Gasteiger partial charge on any atom is 0.196 e. The Labute approximate surface area is 167 Å². The molecule has 2 heterocycles. The van der Waals surface area contributed by atoms with E-state index in [4.69, 9.17) is 9.26 Å². The van der Waals surface area contributed by atoms with Gasteiger partial charge in [0.25, 0.3) is 0 Å². The van der Waals surface area contributed by atoms with Crippen molar-refractivity contribution in [2.24, 2.45) is 0 Å². The smallest absolute Gasteiger partial charge is 0.196 e. The van der Waals surface area contributed by atoms with Gasteiger partial charge in [-0.2, -0.15) is 0 Å². The molecular formula is C21H20N4O2S. The Morgan fingerprint density at radius 1 is 1.00 bits per heavy atom. The molecule has 0 radical (unpaired) electrons. The largest absolute Gasteiger partial charge is 0.497 e. The van der Waals surface area contributed by atoms with E-state index in [1.165, 1.54) is 0 Å². The highest BCUT2D eigenvalue weighted by Gasteiger charge is 2.18. The van der Waals surface area contributed by atoms with E-state index in [9.17, 15) is 0 Å². The van der Waals surface area contributed by atoms with Crippen LogP contribution in [0, 0.1) is 13.8 Å². The van der Waals surface area contributed by atoms with E-state index in [2.05, 4.69) is 19.9 Å². The standard InChI is InChI=1S/C21H20N4O2S/c1-14-19(15(2)27-24-14)13-28-21-23-22-20(16-7-5-4-6-8-16)25(21)17-9-11-18(26-3)12-10-17/h4-12H,13H2,1-3H3. The zero-order valence-electron chi connectivity index (χ0n) is 15.9. The van der Waals surface area contributed by atoms with Crippen molar-refractivity contribution >= 4 is 11.8 Å². The third-order valence-corrected chi connectivity index (χ3v) is 5.48. The van der Waals surface area contributed by atoms with Gasteiger partial charge in [-0.05, 0) is 38.1 Å². The number of aryl methyl sites for hydroxylation is 2. The molecule has 0 N–H and O–H groups in total. The molecule has 142 valence electrons. The predicted octanol–water partition coefficient (Wildman–Crippen LogP) is 4.84. The second-order valence-electron chi connectivity index (χ2n) is 6.30. The molecule has 0 atom stereocenters. The summed E-state index contributed by atoms with van der Waals surface area (Å²) in [7, 11) is 1.66. The van der Waals surface area contributed by atoms with Gasteiger partial charge in [0.1, 0.15) is 11.5 Å². The average molecular weight is 392 g/mol. The van der Waals surface area contributed by atoms with Crippen molar-refractivity contribution < 1.29 is 9.26 Å². The lowest BCUT2D eigenvalue weighted by Crippen LogP contribution is -2.00. The summed E-state index contributed by atoms with van der Waals surface area (Å²) in [5, 5.41) is 13.8. The number of rotatable bonds is 6. The number of benzene rings is 2. The van der Waals surface area contributed by atoms with Crippen LogP contribution in [0.3, 0.4) is 0 Å². The van der Waals surface area contributed by atoms with Crippen LogP contribution in [0.15, 0.2) is 64.3 Å². The minimum Gasteiger partial charge on any atom is -0.497 e. The summed E-state index contributed by atoms with van der Waals surface area (Å²) in [5.41, 5.74) is 3.99. The Kier molecular flexibility index (Phi) is 5.16. The first-order chi connectivity index (χ1) is 13.7. The van der Waals surface area contributed by atoms with Crippen LogP contribution < -0.4 is 4.74 Å². The van der Waals surface area contributed by atoms with Gasteiger partial charge in [0, 0.05) is 22.6 Å². The van der Waals surface area contributed by atoms with Crippen molar-refractivity contribution in [1.29, 1.82) is 0 Å². The summed E-state index contributed by atoms with van der Waals surface area (Å²) in [5.74, 6) is 3.16. The first-order valence-electron chi connectivity index (χ1n) is 8.87. The molecule has 6 nitrogen and oxygen atoms in total. The van der Waals surface area contributed by atoms with Crippen LogP contribution in [0.2, 0.25) is 0 Å². The number of hydrogen-bond acceptors (Lipinski definition) is 6. The van der Waals surface area contributed by atoms with E-state index in [1.54, 1.807) is 18.9 Å². The summed E-state index contributed by atoms with van der Waals surface area (Å²) in [6.07, 6.45) is 0. The van der Waals surface area contributed by atoms with Crippen molar-refractivity contribution in [3.63, 3.8) is 0 Å². The molecule has 0 bridgehead atoms. The highest BCUT2D eigenvalue weighted by atomic mass is 32.2. The molecule has 0 amide bonds. The van der Waals surface area contributed by atoms with E-state index in [0.717, 1.165) is 45.0 Å². The number of nitrogens with zero attached hydrogens (tertiary/aromatic N) is 4. The molecule has 0 fully saturated rings. The van der Waals surface area contributed by atoms with E-state index in [-0.39, 0.29) is 0 Å². The number of thioether (sulfide) groups is 1. The minimum absolute atomic E-state index is 0.713. The first-order valence-corrected chi connectivity index (χ1v) is 9.85. The molecule has 4 aromatic rings. The van der Waals surface area contributed by atoms with Gasteiger partial charge in [0.2, 0.25) is 0 Å². The molecule has 0 aliphatic rings. The zero-order valence-corrected chi connectivity index (χ0v) is 16.7. The molecule has 7 heteroatoms. The van der Waals surface area contributed by atoms with Crippen molar-refractivity contribution in [2.75, 3.05) is 7.11 Å². The fraction of sp³-hybridized carbons (Fsp3) is 0.190. The molecular weight excluding hydrogens is 372 g/mol. The number of hydrogen-bond donors (Lipinski definition) is 0. The van der Waals surface area contributed by atoms with Crippen LogP contribution in [0.4, 0.5) is 0 Å². The monoisotopic (exact) mass is 392 g/mol. The maximum absolute atomic E-state index is 5.29. The lowest BCUT2D eigenvalue weighted by molar-refractivity contribution is 0.392. The molecule has 0 aliphatic carbocycles. The zero-order chi connectivity index (χ0) is 19.5. The third-order valence-electron chi connectivity index (χ3n) is 4.52. The quantitative estimate of drug-likeness (QED) is 0.438. The molecule has 0 unspecified atom stereocenters. The fourth-order valence-electron chi connectivity index (χ4n) is 2.95. The number of ether oxygens (including phenoxy) is 1. The van der Waals surface area contributed by atoms with Gasteiger partial charge in [-0.25, -0.2) is 0 Å². The Bertz CT molecular complexity index is 1050. The lowest BCUT2D eigenvalue weighted by Gasteiger charge is -2.11. The lowest BCUT2D eigenvalue weighted by atomic mass is 10.2. The van der Waals surface area contributed by atoms with Gasteiger partial charge >= 0.3 is 0 Å². The Morgan fingerprint density at radius 3 is 2.39 bits per heavy atom. The molecule has 0 aliphatic heterocycles. The van der Waals surface area contributed by atoms with Gasteiger partial charge in [-0.15, -0.1) is 10.2 Å². The summed E-state index contributed by atoms with van der Waals surface area (Å²) in [6.45, 7) is 3.88. The van der Waals surface area contributed by atoms with Gasteiger partial charge in [0.05, 0.1) is 12.8 Å². The second kappa shape index (κ2) is 7.90. The molecule has 2 aromatic carbocycles. The van der Waals surface area contributed by atoms with Crippen LogP contribution in [0.25, 0.3) is 17.1 Å². The van der Waals surface area contributed by atoms with Crippen LogP contribution in [-0.2, 0) is 5.75 Å². The fourth-order valence-corrected chi connectivity index (χ4v) is 4.05. The second-order valence-corrected chi connectivity index (χ2v) is 7.24. The van der Waals surface area contributed by atoms with Gasteiger partial charge in [-0.1, -0.05) is 47.3 Å². The molecule has 4 rings (SSSR count). The predicted molar refractivity (Wildman–Crippen MR) is 109 cm³/mol. The van der Waals surface area contributed by atoms with Gasteiger partial charge in [-0.3, -0.25) is 4.57 Å². The van der Waals surface area contributed by atoms with E-state index >= 15 is 0 Å². The summed E-state index contributed by atoms with van der Waals surface area (Å²) in [4.78, 5) is 0. The van der Waals surface area contributed by atoms with E-state index in [0.29, 0.717) is 5.75 Å². The summed E-state index contributed by atoms with van der Waals surface area (Å²) < 4.78 is 12.6. The summed E-state index contributed by atoms with van der Waals surface area (Å²) in [6, 6.07) is 17.9. The average Bonchev–Trinajstić information content (AvgIpc) is 3.30. The maximum atomic E-state index is 5.29. The van der Waals surface area contributed by atoms with E-state index < -0.39 is 0 Å². The highest BCUT2D eigenvalue weighted by molar-refractivity contribution is 7.98. The molecule has 2 aromatic heterocycles. The van der Waals surface area contributed by atoms with Crippen LogP contribution in [-0.4, -0.2) is 27.0 Å². The van der Waals surface area contributed by atoms with Crippen molar-refractivity contribution in [2.45, 2.75) is 24.8 Å². The van der Waals surface area contributed by atoms with Gasteiger partial charge < -0.3 is 9.26 Å². The SMILES string of the molecule is COc1ccc(-n2c(SCc3c(C)noc3C)nnc2-c2ccccc2)cc1. The molecule has 0 spiro atoms. The Balaban J connectivity index is 1.74. The van der Waals surface area contributed by atoms with Crippen LogP contribution >= 0.6 is 11.8 Å². The van der Waals surface area contributed by atoms with E-state index in [1.807, 2.05) is 68.4 Å². The molecule has 0 saturated heterocycles. The highest BCUT2D eigenvalue weighted by Crippen LogP contribution is 2.31.